The largest absolute Gasteiger partial charge is 0.204 e. The molecule has 18 heavy (non-hydrogen) atoms. The predicted molar refractivity (Wildman–Crippen MR) is 71.0 cm³/mol. The first-order chi connectivity index (χ1) is 8.10. The van der Waals surface area contributed by atoms with Crippen molar-refractivity contribution in [2.45, 2.75) is 33.1 Å². The Hall–Kier alpha value is -0.340. The molecular weight excluding hydrogens is 277 g/mol. The molecule has 1 saturated carbocycles. The first-order valence-corrected chi connectivity index (χ1v) is 6.70. The maximum absolute atomic E-state index is 13.3. The molecule has 1 aromatic rings. The minimum atomic E-state index is -0.943. The highest BCUT2D eigenvalue weighted by Gasteiger charge is 2.67. The summed E-state index contributed by atoms with van der Waals surface area (Å²) in [6.45, 7) is 8.50. The number of halogens is 4. The zero-order valence-corrected chi connectivity index (χ0v) is 12.3. The average Bonchev–Trinajstić information content (AvgIpc) is 2.62. The summed E-state index contributed by atoms with van der Waals surface area (Å²) >= 11 is 12.4. The standard InChI is InChI=1S/C14H16Cl2F2/c1-13(2)12(14(13,3)4)11(16)7-5-9(17)10(18)6-8(7)15/h5-6,11-12H,1-4H3. The van der Waals surface area contributed by atoms with E-state index < -0.39 is 17.0 Å². The van der Waals surface area contributed by atoms with E-state index in [2.05, 4.69) is 27.7 Å². The molecule has 100 valence electrons. The van der Waals surface area contributed by atoms with Gasteiger partial charge in [0, 0.05) is 5.02 Å². The van der Waals surface area contributed by atoms with Gasteiger partial charge in [-0.25, -0.2) is 8.78 Å². The summed E-state index contributed by atoms with van der Waals surface area (Å²) in [4.78, 5) is 0. The summed E-state index contributed by atoms with van der Waals surface area (Å²) < 4.78 is 26.3. The molecule has 1 atom stereocenters. The molecule has 0 radical (unpaired) electrons. The minimum absolute atomic E-state index is 0.0631. The second kappa shape index (κ2) is 4.08. The normalized spacial score (nSPS) is 22.9. The van der Waals surface area contributed by atoms with Crippen molar-refractivity contribution in [2.75, 3.05) is 0 Å². The van der Waals surface area contributed by atoms with Crippen LogP contribution in [0.3, 0.4) is 0 Å². The molecule has 1 unspecified atom stereocenters. The SMILES string of the molecule is CC1(C)C(C(Cl)c2cc(F)c(F)cc2Cl)C1(C)C. The van der Waals surface area contributed by atoms with E-state index in [-0.39, 0.29) is 21.8 Å². The van der Waals surface area contributed by atoms with E-state index >= 15 is 0 Å². The summed E-state index contributed by atoms with van der Waals surface area (Å²) in [6, 6.07) is 2.10. The smallest absolute Gasteiger partial charge is 0.160 e. The zero-order chi connectivity index (χ0) is 13.9. The third kappa shape index (κ3) is 1.85. The van der Waals surface area contributed by atoms with Gasteiger partial charge < -0.3 is 0 Å². The lowest BCUT2D eigenvalue weighted by molar-refractivity contribution is 0.457. The highest BCUT2D eigenvalue weighted by Crippen LogP contribution is 2.73. The van der Waals surface area contributed by atoms with Gasteiger partial charge in [0.2, 0.25) is 0 Å². The van der Waals surface area contributed by atoms with Crippen molar-refractivity contribution in [1.82, 2.24) is 0 Å². The molecule has 0 N–H and O–H groups in total. The fraction of sp³-hybridized carbons (Fsp3) is 0.571. The summed E-state index contributed by atoms with van der Waals surface area (Å²) in [5.41, 5.74) is 0.599. The van der Waals surface area contributed by atoms with Crippen molar-refractivity contribution in [3.8, 4) is 0 Å². The molecule has 4 heteroatoms. The lowest BCUT2D eigenvalue weighted by Crippen LogP contribution is -2.02. The van der Waals surface area contributed by atoms with Crippen LogP contribution in [0.4, 0.5) is 8.78 Å². The van der Waals surface area contributed by atoms with Crippen molar-refractivity contribution in [2.24, 2.45) is 16.7 Å². The Labute approximate surface area is 116 Å². The van der Waals surface area contributed by atoms with E-state index in [1.54, 1.807) is 0 Å². The fourth-order valence-corrected chi connectivity index (χ4v) is 4.04. The lowest BCUT2D eigenvalue weighted by atomic mass is 10.0. The van der Waals surface area contributed by atoms with Gasteiger partial charge in [-0.3, -0.25) is 0 Å². The van der Waals surface area contributed by atoms with Gasteiger partial charge in [0.25, 0.3) is 0 Å². The van der Waals surface area contributed by atoms with E-state index in [4.69, 9.17) is 23.2 Å². The highest BCUT2D eigenvalue weighted by molar-refractivity contribution is 6.32. The van der Waals surface area contributed by atoms with Crippen LogP contribution in [-0.4, -0.2) is 0 Å². The monoisotopic (exact) mass is 292 g/mol. The van der Waals surface area contributed by atoms with Crippen LogP contribution >= 0.6 is 23.2 Å². The summed E-state index contributed by atoms with van der Waals surface area (Å²) in [5, 5.41) is -0.218. The van der Waals surface area contributed by atoms with Gasteiger partial charge in [-0.1, -0.05) is 39.3 Å². The van der Waals surface area contributed by atoms with Crippen LogP contribution in [0.1, 0.15) is 38.6 Å². The zero-order valence-electron chi connectivity index (χ0n) is 10.8. The maximum atomic E-state index is 13.3. The molecule has 1 aliphatic rings. The molecule has 0 spiro atoms. The van der Waals surface area contributed by atoms with Crippen LogP contribution in [-0.2, 0) is 0 Å². The van der Waals surface area contributed by atoms with E-state index in [0.29, 0.717) is 5.56 Å². The highest BCUT2D eigenvalue weighted by atomic mass is 35.5. The molecule has 0 nitrogen and oxygen atoms in total. The Balaban J connectivity index is 2.37. The molecule has 0 aliphatic heterocycles. The first-order valence-electron chi connectivity index (χ1n) is 5.89. The van der Waals surface area contributed by atoms with E-state index in [1.807, 2.05) is 0 Å². The molecule has 1 fully saturated rings. The number of benzene rings is 1. The quantitative estimate of drug-likeness (QED) is 0.493. The number of rotatable bonds is 2. The molecule has 2 rings (SSSR count). The van der Waals surface area contributed by atoms with Crippen LogP contribution in [0.5, 0.6) is 0 Å². The van der Waals surface area contributed by atoms with Gasteiger partial charge in [0.05, 0.1) is 5.38 Å². The Morgan fingerprint density at radius 3 is 1.94 bits per heavy atom. The minimum Gasteiger partial charge on any atom is -0.204 e. The topological polar surface area (TPSA) is 0 Å². The van der Waals surface area contributed by atoms with Crippen molar-refractivity contribution >= 4 is 23.2 Å². The Morgan fingerprint density at radius 1 is 1.06 bits per heavy atom. The van der Waals surface area contributed by atoms with Crippen molar-refractivity contribution < 1.29 is 8.78 Å². The van der Waals surface area contributed by atoms with Crippen LogP contribution in [0.25, 0.3) is 0 Å². The van der Waals surface area contributed by atoms with Crippen LogP contribution < -0.4 is 0 Å². The van der Waals surface area contributed by atoms with Crippen LogP contribution in [0.2, 0.25) is 5.02 Å². The van der Waals surface area contributed by atoms with Gasteiger partial charge in [-0.05, 0) is 34.4 Å². The third-order valence-corrected chi connectivity index (χ3v) is 5.58. The molecule has 0 heterocycles. The van der Waals surface area contributed by atoms with Gasteiger partial charge in [-0.2, -0.15) is 0 Å². The predicted octanol–water partition coefficient (Wildman–Crippen LogP) is 5.58. The van der Waals surface area contributed by atoms with Crippen LogP contribution in [0.15, 0.2) is 12.1 Å². The Kier molecular flexibility index (Phi) is 3.19. The van der Waals surface area contributed by atoms with Crippen molar-refractivity contribution in [3.05, 3.63) is 34.4 Å². The molecule has 0 amide bonds. The van der Waals surface area contributed by atoms with E-state index in [1.165, 1.54) is 0 Å². The summed E-state index contributed by atoms with van der Waals surface area (Å²) in [5.74, 6) is -1.66. The van der Waals surface area contributed by atoms with Crippen molar-refractivity contribution in [3.63, 3.8) is 0 Å². The van der Waals surface area contributed by atoms with Gasteiger partial charge >= 0.3 is 0 Å². The second-order valence-electron chi connectivity index (χ2n) is 6.11. The number of hydrogen-bond acceptors (Lipinski definition) is 0. The lowest BCUT2D eigenvalue weighted by Gasteiger charge is -2.14. The molecular formula is C14H16Cl2F2. The molecule has 1 aromatic carbocycles. The van der Waals surface area contributed by atoms with E-state index in [0.717, 1.165) is 12.1 Å². The fourth-order valence-electron chi connectivity index (χ4n) is 2.91. The summed E-state index contributed by atoms with van der Waals surface area (Å²) in [7, 11) is 0. The maximum Gasteiger partial charge on any atom is 0.160 e. The number of hydrogen-bond donors (Lipinski definition) is 0. The van der Waals surface area contributed by atoms with Crippen molar-refractivity contribution in [1.29, 1.82) is 0 Å². The molecule has 0 aromatic heterocycles. The first kappa shape index (κ1) is 14.1. The molecule has 0 bridgehead atoms. The van der Waals surface area contributed by atoms with Crippen LogP contribution in [0, 0.1) is 28.4 Å². The molecule has 1 aliphatic carbocycles. The Morgan fingerprint density at radius 2 is 1.50 bits per heavy atom. The van der Waals surface area contributed by atoms with Gasteiger partial charge in [0.15, 0.2) is 11.6 Å². The van der Waals surface area contributed by atoms with Gasteiger partial charge in [-0.15, -0.1) is 11.6 Å². The second-order valence-corrected chi connectivity index (χ2v) is 6.99. The van der Waals surface area contributed by atoms with E-state index in [9.17, 15) is 8.78 Å². The third-order valence-electron chi connectivity index (χ3n) is 4.76. The molecule has 0 saturated heterocycles. The van der Waals surface area contributed by atoms with Gasteiger partial charge in [0.1, 0.15) is 0 Å². The average molecular weight is 293 g/mol. The Bertz CT molecular complexity index is 481. The number of alkyl halides is 1. The summed E-state index contributed by atoms with van der Waals surface area (Å²) in [6.07, 6.45) is 0.